The molecule has 3 aromatic carbocycles. The first kappa shape index (κ1) is 22.9. The first-order chi connectivity index (χ1) is 15.4. The van der Waals surface area contributed by atoms with Crippen LogP contribution >= 0.6 is 0 Å². The van der Waals surface area contributed by atoms with E-state index in [0.717, 1.165) is 33.5 Å². The Hall–Kier alpha value is -3.23. The minimum atomic E-state index is -0.0800. The first-order valence-electron chi connectivity index (χ1n) is 10.6. The quantitative estimate of drug-likeness (QED) is 0.222. The van der Waals surface area contributed by atoms with Gasteiger partial charge in [0.05, 0.1) is 11.1 Å². The van der Waals surface area contributed by atoms with E-state index in [1.54, 1.807) is 24.4 Å². The Morgan fingerprint density at radius 2 is 1.61 bits per heavy atom. The molecule has 0 unspecified atom stereocenters. The summed E-state index contributed by atoms with van der Waals surface area (Å²) in [6, 6.07) is 26.7. The van der Waals surface area contributed by atoms with Crippen LogP contribution in [0.3, 0.4) is 0 Å². The van der Waals surface area contributed by atoms with Crippen molar-refractivity contribution in [2.45, 2.75) is 26.2 Å². The van der Waals surface area contributed by atoms with Crippen LogP contribution in [0.4, 0.5) is 0 Å². The number of phenolic OH excluding ortho intramolecular Hbond substituents is 1. The molecule has 0 saturated carbocycles. The van der Waals surface area contributed by atoms with Gasteiger partial charge in [0.15, 0.2) is 0 Å². The van der Waals surface area contributed by atoms with Crippen LogP contribution in [0.15, 0.2) is 83.4 Å². The SMILES string of the molecule is CC(C)(C)c1cc(-c2[c-]c(-c3ccccn3)ccc2)c2nc(-c3ccccc3O)oc2c1.[Pt]. The van der Waals surface area contributed by atoms with Crippen molar-refractivity contribution in [1.82, 2.24) is 9.97 Å². The molecule has 4 nitrogen and oxygen atoms in total. The Kier molecular flexibility index (Phi) is 6.23. The van der Waals surface area contributed by atoms with Gasteiger partial charge in [-0.05, 0) is 35.2 Å². The molecule has 2 heterocycles. The van der Waals surface area contributed by atoms with Gasteiger partial charge in [0, 0.05) is 33.0 Å². The van der Waals surface area contributed by atoms with Gasteiger partial charge < -0.3 is 9.52 Å². The van der Waals surface area contributed by atoms with Crippen LogP contribution < -0.4 is 0 Å². The molecule has 0 bridgehead atoms. The Bertz CT molecular complexity index is 1420. The molecule has 5 rings (SSSR count). The maximum absolute atomic E-state index is 10.3. The van der Waals surface area contributed by atoms with Crippen LogP contribution in [-0.2, 0) is 26.5 Å². The molecule has 0 aliphatic carbocycles. The summed E-state index contributed by atoms with van der Waals surface area (Å²) in [5.41, 5.74) is 6.69. The van der Waals surface area contributed by atoms with Crippen molar-refractivity contribution in [2.24, 2.45) is 0 Å². The predicted octanol–water partition coefficient (Wildman–Crippen LogP) is 7.02. The minimum absolute atomic E-state index is 0. The fourth-order valence-corrected chi connectivity index (χ4v) is 3.74. The van der Waals surface area contributed by atoms with E-state index < -0.39 is 0 Å². The van der Waals surface area contributed by atoms with E-state index in [-0.39, 0.29) is 32.2 Å². The Morgan fingerprint density at radius 1 is 0.848 bits per heavy atom. The average Bonchev–Trinajstić information content (AvgIpc) is 3.23. The fraction of sp³-hybridized carbons (Fsp3) is 0.143. The third-order valence-corrected chi connectivity index (χ3v) is 5.52. The zero-order chi connectivity index (χ0) is 22.3. The van der Waals surface area contributed by atoms with Crippen molar-refractivity contribution in [3.05, 3.63) is 90.6 Å². The number of phenols is 1. The second-order valence-corrected chi connectivity index (χ2v) is 8.85. The van der Waals surface area contributed by atoms with Crippen molar-refractivity contribution < 1.29 is 30.6 Å². The molecule has 0 fully saturated rings. The molecular weight excluding hydrogens is 591 g/mol. The Balaban J connectivity index is 0.00000259. The van der Waals surface area contributed by atoms with Gasteiger partial charge in [-0.3, -0.25) is 4.98 Å². The van der Waals surface area contributed by atoms with E-state index in [1.165, 1.54) is 0 Å². The minimum Gasteiger partial charge on any atom is -0.507 e. The summed E-state index contributed by atoms with van der Waals surface area (Å²) in [5.74, 6) is 0.534. The number of rotatable bonds is 3. The van der Waals surface area contributed by atoms with Crippen LogP contribution in [0.1, 0.15) is 26.3 Å². The molecule has 0 aliphatic heterocycles. The van der Waals surface area contributed by atoms with Crippen LogP contribution in [0.25, 0.3) is 44.9 Å². The van der Waals surface area contributed by atoms with Gasteiger partial charge >= 0.3 is 0 Å². The zero-order valence-electron chi connectivity index (χ0n) is 18.6. The molecule has 33 heavy (non-hydrogen) atoms. The summed E-state index contributed by atoms with van der Waals surface area (Å²) in [7, 11) is 0. The number of pyridine rings is 1. The number of aromatic nitrogens is 2. The molecule has 168 valence electrons. The molecule has 1 N–H and O–H groups in total. The summed E-state index contributed by atoms with van der Waals surface area (Å²) >= 11 is 0. The molecule has 5 heteroatoms. The van der Waals surface area contributed by atoms with E-state index in [9.17, 15) is 5.11 Å². The fourth-order valence-electron chi connectivity index (χ4n) is 3.74. The summed E-state index contributed by atoms with van der Waals surface area (Å²) < 4.78 is 6.15. The number of fused-ring (bicyclic) bond motifs is 1. The van der Waals surface area contributed by atoms with Gasteiger partial charge in [-0.2, -0.15) is 0 Å². The molecule has 0 saturated heterocycles. The average molecular weight is 615 g/mol. The van der Waals surface area contributed by atoms with E-state index in [2.05, 4.69) is 37.9 Å². The van der Waals surface area contributed by atoms with E-state index in [4.69, 9.17) is 9.40 Å². The van der Waals surface area contributed by atoms with Crippen LogP contribution in [-0.4, -0.2) is 15.1 Å². The molecule has 0 aliphatic rings. The van der Waals surface area contributed by atoms with Crippen LogP contribution in [0.5, 0.6) is 5.75 Å². The van der Waals surface area contributed by atoms with E-state index in [0.29, 0.717) is 17.0 Å². The number of aromatic hydroxyl groups is 1. The van der Waals surface area contributed by atoms with Crippen molar-refractivity contribution in [3.63, 3.8) is 0 Å². The third-order valence-electron chi connectivity index (χ3n) is 5.52. The second-order valence-electron chi connectivity index (χ2n) is 8.85. The van der Waals surface area contributed by atoms with E-state index >= 15 is 0 Å². The number of oxazole rings is 1. The topological polar surface area (TPSA) is 59.2 Å². The summed E-state index contributed by atoms with van der Waals surface area (Å²) in [5, 5.41) is 10.3. The van der Waals surface area contributed by atoms with Crippen LogP contribution in [0.2, 0.25) is 0 Å². The number of benzene rings is 3. The van der Waals surface area contributed by atoms with Gasteiger partial charge in [-0.1, -0.05) is 62.2 Å². The Morgan fingerprint density at radius 3 is 2.33 bits per heavy atom. The predicted molar refractivity (Wildman–Crippen MR) is 127 cm³/mol. The van der Waals surface area contributed by atoms with Crippen LogP contribution in [0, 0.1) is 6.07 Å². The molecule has 5 aromatic rings. The molecule has 2 aromatic heterocycles. The maximum Gasteiger partial charge on any atom is 0.230 e. The number of para-hydroxylation sites is 1. The summed E-state index contributed by atoms with van der Waals surface area (Å²) in [6.07, 6.45) is 1.78. The molecule has 0 spiro atoms. The third kappa shape index (κ3) is 4.49. The number of hydrogen-bond acceptors (Lipinski definition) is 4. The summed E-state index contributed by atoms with van der Waals surface area (Å²) in [6.45, 7) is 6.52. The van der Waals surface area contributed by atoms with Gasteiger partial charge in [-0.25, -0.2) is 4.98 Å². The molecule has 0 amide bonds. The van der Waals surface area contributed by atoms with Crippen molar-refractivity contribution in [3.8, 4) is 39.6 Å². The zero-order valence-corrected chi connectivity index (χ0v) is 20.8. The standard InChI is InChI=1S/C28H23N2O2.Pt/c1-28(2,3)20-16-22(18-9-8-10-19(15-18)23-12-6-7-14-29-23)26-25(17-20)32-27(30-26)21-11-4-5-13-24(21)31;/h4-14,16-17,31H,1-3H3;/q-1;. The second kappa shape index (κ2) is 8.96. The maximum atomic E-state index is 10.3. The first-order valence-corrected chi connectivity index (χ1v) is 10.6. The number of nitrogens with zero attached hydrogens (tertiary/aromatic N) is 2. The molecule has 0 atom stereocenters. The van der Waals surface area contributed by atoms with Gasteiger partial charge in [0.2, 0.25) is 5.89 Å². The largest absolute Gasteiger partial charge is 0.507 e. The molecule has 0 radical (unpaired) electrons. The normalized spacial score (nSPS) is 11.4. The van der Waals surface area contributed by atoms with Gasteiger partial charge in [-0.15, -0.1) is 29.8 Å². The van der Waals surface area contributed by atoms with Crippen molar-refractivity contribution >= 4 is 11.1 Å². The smallest absolute Gasteiger partial charge is 0.230 e. The van der Waals surface area contributed by atoms with Gasteiger partial charge in [0.25, 0.3) is 0 Å². The summed E-state index contributed by atoms with van der Waals surface area (Å²) in [4.78, 5) is 9.25. The van der Waals surface area contributed by atoms with Gasteiger partial charge in [0.1, 0.15) is 11.3 Å². The molecular formula is C28H23N2O2Pt-. The Labute approximate surface area is 207 Å². The van der Waals surface area contributed by atoms with Crippen molar-refractivity contribution in [1.29, 1.82) is 0 Å². The monoisotopic (exact) mass is 614 g/mol. The van der Waals surface area contributed by atoms with E-state index in [1.807, 2.05) is 48.5 Å². The number of hydrogen-bond donors (Lipinski definition) is 1. The van der Waals surface area contributed by atoms with Crippen molar-refractivity contribution in [2.75, 3.05) is 0 Å².